The minimum Gasteiger partial charge on any atom is -0.347 e. The number of rotatable bonds is 6. The van der Waals surface area contributed by atoms with Crippen molar-refractivity contribution in [3.05, 3.63) is 54.4 Å². The average Bonchev–Trinajstić information content (AvgIpc) is 2.97. The first-order chi connectivity index (χ1) is 10.1. The van der Waals surface area contributed by atoms with E-state index in [4.69, 9.17) is 0 Å². The van der Waals surface area contributed by atoms with Crippen LogP contribution in [0, 0.1) is 0 Å². The maximum absolute atomic E-state index is 12.4. The lowest BCUT2D eigenvalue weighted by atomic mass is 10.0. The number of nitrogens with zero attached hydrogens (tertiary/aromatic N) is 3. The van der Waals surface area contributed by atoms with E-state index >= 15 is 0 Å². The van der Waals surface area contributed by atoms with E-state index in [0.717, 1.165) is 12.1 Å². The summed E-state index contributed by atoms with van der Waals surface area (Å²) in [5.41, 5.74) is 0.975. The summed E-state index contributed by atoms with van der Waals surface area (Å²) in [6.07, 6.45) is 3.68. The number of likely N-dealkylation sites (N-methyl/N-ethyl adjacent to an activating group) is 1. The number of amides is 1. The number of benzene rings is 1. The monoisotopic (exact) mass is 286 g/mol. The lowest BCUT2D eigenvalue weighted by Crippen LogP contribution is -2.42. The molecule has 0 spiro atoms. The Labute approximate surface area is 125 Å². The highest BCUT2D eigenvalue weighted by Crippen LogP contribution is 2.15. The summed E-state index contributed by atoms with van der Waals surface area (Å²) in [6.45, 7) is 2.78. The van der Waals surface area contributed by atoms with Crippen LogP contribution in [0.5, 0.6) is 0 Å². The minimum atomic E-state index is -0.341. The summed E-state index contributed by atoms with van der Waals surface area (Å²) in [5, 5.41) is 7.60. The molecule has 0 aliphatic carbocycles. The van der Waals surface area contributed by atoms with Gasteiger partial charge in [0.25, 0.3) is 0 Å². The molecular formula is C16H22N4O. The van der Waals surface area contributed by atoms with Gasteiger partial charge in [-0.15, -0.1) is 0 Å². The second-order valence-corrected chi connectivity index (χ2v) is 5.37. The number of carbonyl (C=O) groups excluding carboxylic acids is 1. The highest BCUT2D eigenvalue weighted by molar-refractivity contribution is 5.82. The molecule has 5 heteroatoms. The summed E-state index contributed by atoms with van der Waals surface area (Å²) in [4.78, 5) is 14.0. The molecule has 21 heavy (non-hydrogen) atoms. The van der Waals surface area contributed by atoms with Crippen LogP contribution in [0.1, 0.15) is 18.5 Å². The van der Waals surface area contributed by atoms with Crippen LogP contribution in [-0.4, -0.2) is 40.7 Å². The van der Waals surface area contributed by atoms with Crippen LogP contribution >= 0.6 is 0 Å². The smallest absolute Gasteiger partial charge is 0.243 e. The van der Waals surface area contributed by atoms with Crippen molar-refractivity contribution in [1.29, 1.82) is 0 Å². The van der Waals surface area contributed by atoms with Crippen LogP contribution in [0.25, 0.3) is 0 Å². The van der Waals surface area contributed by atoms with E-state index in [-0.39, 0.29) is 18.0 Å². The van der Waals surface area contributed by atoms with E-state index < -0.39 is 0 Å². The Balaban J connectivity index is 2.10. The third kappa shape index (κ3) is 4.16. The molecule has 5 nitrogen and oxygen atoms in total. The van der Waals surface area contributed by atoms with Gasteiger partial charge in [-0.05, 0) is 18.6 Å². The molecular weight excluding hydrogens is 264 g/mol. The van der Waals surface area contributed by atoms with Crippen molar-refractivity contribution in [2.24, 2.45) is 0 Å². The van der Waals surface area contributed by atoms with E-state index in [1.807, 2.05) is 47.3 Å². The van der Waals surface area contributed by atoms with Gasteiger partial charge in [0.1, 0.15) is 6.04 Å². The third-order valence-corrected chi connectivity index (χ3v) is 3.29. The van der Waals surface area contributed by atoms with Crippen molar-refractivity contribution < 1.29 is 4.79 Å². The van der Waals surface area contributed by atoms with Gasteiger partial charge < -0.3 is 4.90 Å². The second-order valence-electron chi connectivity index (χ2n) is 5.37. The summed E-state index contributed by atoms with van der Waals surface area (Å²) < 4.78 is 1.86. The van der Waals surface area contributed by atoms with Gasteiger partial charge >= 0.3 is 0 Å². The fourth-order valence-electron chi connectivity index (χ4n) is 2.24. The summed E-state index contributed by atoms with van der Waals surface area (Å²) in [7, 11) is 3.55. The highest BCUT2D eigenvalue weighted by Gasteiger charge is 2.23. The molecule has 2 atom stereocenters. The molecule has 0 fully saturated rings. The van der Waals surface area contributed by atoms with E-state index in [1.54, 1.807) is 25.2 Å². The molecule has 0 aliphatic heterocycles. The molecule has 0 aliphatic rings. The van der Waals surface area contributed by atoms with Gasteiger partial charge in [0.2, 0.25) is 5.91 Å². The van der Waals surface area contributed by atoms with Crippen LogP contribution in [0.3, 0.4) is 0 Å². The Hall–Kier alpha value is -2.14. The largest absolute Gasteiger partial charge is 0.347 e. The molecule has 1 amide bonds. The molecule has 2 aromatic rings. The number of nitrogens with one attached hydrogen (secondary N) is 1. The molecule has 0 saturated carbocycles. The van der Waals surface area contributed by atoms with Crippen molar-refractivity contribution >= 4 is 5.91 Å². The Bertz CT molecular complexity index is 551. The van der Waals surface area contributed by atoms with Crippen LogP contribution in [-0.2, 0) is 11.3 Å². The Morgan fingerprint density at radius 3 is 2.57 bits per heavy atom. The van der Waals surface area contributed by atoms with Gasteiger partial charge in [0, 0.05) is 32.5 Å². The third-order valence-electron chi connectivity index (χ3n) is 3.29. The molecule has 0 radical (unpaired) electrons. The SMILES string of the molecule is C[C@H](Cn1cccn1)N[C@@H](C(=O)N(C)C)c1ccccc1. The van der Waals surface area contributed by atoms with E-state index in [9.17, 15) is 4.79 Å². The zero-order valence-corrected chi connectivity index (χ0v) is 12.7. The van der Waals surface area contributed by atoms with Gasteiger partial charge in [-0.1, -0.05) is 30.3 Å². The van der Waals surface area contributed by atoms with Gasteiger partial charge in [0.05, 0.1) is 6.54 Å². The number of carbonyl (C=O) groups is 1. The van der Waals surface area contributed by atoms with Crippen LogP contribution < -0.4 is 5.32 Å². The predicted molar refractivity (Wildman–Crippen MR) is 82.7 cm³/mol. The molecule has 0 saturated heterocycles. The predicted octanol–water partition coefficient (Wildman–Crippen LogP) is 1.69. The van der Waals surface area contributed by atoms with E-state index in [2.05, 4.69) is 17.3 Å². The quantitative estimate of drug-likeness (QED) is 0.879. The van der Waals surface area contributed by atoms with Gasteiger partial charge in [-0.3, -0.25) is 14.8 Å². The second kappa shape index (κ2) is 7.04. The van der Waals surface area contributed by atoms with Crippen molar-refractivity contribution in [2.75, 3.05) is 14.1 Å². The lowest BCUT2D eigenvalue weighted by Gasteiger charge is -2.25. The summed E-state index contributed by atoms with van der Waals surface area (Å²) in [6, 6.07) is 11.5. The topological polar surface area (TPSA) is 50.2 Å². The van der Waals surface area contributed by atoms with Gasteiger partial charge in [-0.2, -0.15) is 5.10 Å². The number of aromatic nitrogens is 2. The molecule has 1 aromatic carbocycles. The zero-order chi connectivity index (χ0) is 15.2. The zero-order valence-electron chi connectivity index (χ0n) is 12.7. The average molecular weight is 286 g/mol. The maximum atomic E-state index is 12.4. The van der Waals surface area contributed by atoms with Crippen molar-refractivity contribution in [3.8, 4) is 0 Å². The molecule has 112 valence electrons. The Morgan fingerprint density at radius 2 is 2.00 bits per heavy atom. The van der Waals surface area contributed by atoms with Gasteiger partial charge in [0.15, 0.2) is 0 Å². The van der Waals surface area contributed by atoms with E-state index in [1.165, 1.54) is 0 Å². The molecule has 1 heterocycles. The van der Waals surface area contributed by atoms with Crippen LogP contribution in [0.2, 0.25) is 0 Å². The van der Waals surface area contributed by atoms with Gasteiger partial charge in [-0.25, -0.2) is 0 Å². The van der Waals surface area contributed by atoms with Crippen molar-refractivity contribution in [2.45, 2.75) is 25.6 Å². The van der Waals surface area contributed by atoms with Crippen molar-refractivity contribution in [1.82, 2.24) is 20.0 Å². The number of hydrogen-bond acceptors (Lipinski definition) is 3. The molecule has 0 bridgehead atoms. The Morgan fingerprint density at radius 1 is 1.29 bits per heavy atom. The summed E-state index contributed by atoms with van der Waals surface area (Å²) in [5.74, 6) is 0.0496. The summed E-state index contributed by atoms with van der Waals surface area (Å²) >= 11 is 0. The highest BCUT2D eigenvalue weighted by atomic mass is 16.2. The van der Waals surface area contributed by atoms with Crippen LogP contribution in [0.4, 0.5) is 0 Å². The minimum absolute atomic E-state index is 0.0496. The maximum Gasteiger partial charge on any atom is 0.243 e. The van der Waals surface area contributed by atoms with Crippen LogP contribution in [0.15, 0.2) is 48.8 Å². The molecule has 1 aromatic heterocycles. The lowest BCUT2D eigenvalue weighted by molar-refractivity contribution is -0.131. The normalized spacial score (nSPS) is 13.7. The standard InChI is InChI=1S/C16H22N4O/c1-13(12-20-11-7-10-17-20)18-15(16(21)19(2)3)14-8-5-4-6-9-14/h4-11,13,15,18H,12H2,1-3H3/t13-,15-/m1/s1. The first kappa shape index (κ1) is 15.3. The molecule has 1 N–H and O–H groups in total. The number of hydrogen-bond donors (Lipinski definition) is 1. The molecule has 0 unspecified atom stereocenters. The first-order valence-electron chi connectivity index (χ1n) is 7.07. The Kier molecular flexibility index (Phi) is 5.11. The molecule has 2 rings (SSSR count). The van der Waals surface area contributed by atoms with E-state index in [0.29, 0.717) is 0 Å². The fraction of sp³-hybridized carbons (Fsp3) is 0.375. The van der Waals surface area contributed by atoms with Crippen molar-refractivity contribution in [3.63, 3.8) is 0 Å². The fourth-order valence-corrected chi connectivity index (χ4v) is 2.24. The first-order valence-corrected chi connectivity index (χ1v) is 7.07.